The number of rotatable bonds is 20. The molecule has 1 aromatic carbocycles. The minimum atomic E-state index is -2.37. The summed E-state index contributed by atoms with van der Waals surface area (Å²) < 4.78 is 6.93. The number of benzene rings is 1. The summed E-state index contributed by atoms with van der Waals surface area (Å²) in [6.45, 7) is 14.9. The van der Waals surface area contributed by atoms with Crippen molar-refractivity contribution < 1.29 is 0 Å². The number of allylic oxidation sites excluding steroid dienone is 2. The zero-order valence-electron chi connectivity index (χ0n) is 23.5. The van der Waals surface area contributed by atoms with E-state index >= 15 is 0 Å². The van der Waals surface area contributed by atoms with Crippen molar-refractivity contribution in [1.82, 2.24) is 0 Å². The average Bonchev–Trinajstić information content (AvgIpc) is 2.83. The Hall–Kier alpha value is -0.0244. The second kappa shape index (κ2) is 18.3. The van der Waals surface area contributed by atoms with Crippen LogP contribution in [0.4, 0.5) is 0 Å². The van der Waals surface area contributed by atoms with Gasteiger partial charge in [0.2, 0.25) is 0 Å². The summed E-state index contributed by atoms with van der Waals surface area (Å²) in [4.78, 5) is 0. The van der Waals surface area contributed by atoms with Gasteiger partial charge in [-0.15, -0.1) is 0 Å². The third-order valence-corrected chi connectivity index (χ3v) is 28.2. The van der Waals surface area contributed by atoms with Gasteiger partial charge in [0.1, 0.15) is 0 Å². The maximum absolute atomic E-state index is 2.87. The van der Waals surface area contributed by atoms with Crippen molar-refractivity contribution >= 4 is 31.6 Å². The van der Waals surface area contributed by atoms with E-state index in [1.165, 1.54) is 89.5 Å². The van der Waals surface area contributed by atoms with E-state index in [-0.39, 0.29) is 0 Å². The molecular formula is C31H58SiSn. The molecule has 0 saturated carbocycles. The maximum atomic E-state index is 2.87. The Bertz CT molecular complexity index is 597. The molecule has 1 rings (SSSR count). The third kappa shape index (κ3) is 12.0. The van der Waals surface area contributed by atoms with Crippen molar-refractivity contribution in [3.8, 4) is 0 Å². The summed E-state index contributed by atoms with van der Waals surface area (Å²) in [6.07, 6.45) is 21.3. The summed E-state index contributed by atoms with van der Waals surface area (Å²) in [6, 6.07) is 13.0. The number of hydrogen-bond donors (Lipinski definition) is 0. The molecule has 0 aliphatic heterocycles. The molecule has 0 fully saturated rings. The fourth-order valence-electron chi connectivity index (χ4n) is 5.55. The molecular weight excluding hydrogens is 519 g/mol. The molecule has 1 aromatic rings. The molecule has 0 nitrogen and oxygen atoms in total. The van der Waals surface area contributed by atoms with Crippen LogP contribution < -0.4 is 5.19 Å². The van der Waals surface area contributed by atoms with E-state index in [4.69, 9.17) is 0 Å². The molecule has 0 spiro atoms. The standard InChI is InChI=1S/C19H31Si.3C4H9.Sn/c1-4-5-6-7-8-9-10-11-15-18-20(2,3)19-16-13-12-14-17-19;3*1-3-4-2;/h11-14,16-17H,4-10,18H2,1-3H3;3*1,3-4H2,2H3;. The predicted octanol–water partition coefficient (Wildman–Crippen LogP) is 10.7. The van der Waals surface area contributed by atoms with Gasteiger partial charge in [0.25, 0.3) is 0 Å². The van der Waals surface area contributed by atoms with Crippen LogP contribution in [0.25, 0.3) is 0 Å². The number of hydrogen-bond acceptors (Lipinski definition) is 0. The van der Waals surface area contributed by atoms with Gasteiger partial charge in [0.05, 0.1) is 0 Å². The van der Waals surface area contributed by atoms with E-state index in [1.807, 2.05) is 0 Å². The van der Waals surface area contributed by atoms with E-state index in [0.29, 0.717) is 0 Å². The third-order valence-electron chi connectivity index (χ3n) is 7.84. The zero-order chi connectivity index (χ0) is 24.4. The van der Waals surface area contributed by atoms with Crippen LogP contribution >= 0.6 is 0 Å². The summed E-state index contributed by atoms with van der Waals surface area (Å²) >= 11 is -2.37. The van der Waals surface area contributed by atoms with Gasteiger partial charge in [-0.3, -0.25) is 0 Å². The van der Waals surface area contributed by atoms with E-state index in [1.54, 1.807) is 18.5 Å². The van der Waals surface area contributed by atoms with Gasteiger partial charge in [-0.1, -0.05) is 0 Å². The Balaban J connectivity index is 3.20. The zero-order valence-corrected chi connectivity index (χ0v) is 27.3. The fraction of sp³-hybridized carbons (Fsp3) is 0.742. The Morgan fingerprint density at radius 1 is 0.667 bits per heavy atom. The SMILES string of the molecule is CCCCCCCC/C=[C](\C[Si](C)(C)c1ccccc1)[Sn]([CH2]CCC)([CH2]CCC)[CH2]CCC. The molecule has 0 atom stereocenters. The van der Waals surface area contributed by atoms with Crippen LogP contribution in [0.2, 0.25) is 32.4 Å². The molecule has 0 aliphatic rings. The second-order valence-electron chi connectivity index (χ2n) is 11.3. The summed E-state index contributed by atoms with van der Waals surface area (Å²) in [5.41, 5.74) is 0. The van der Waals surface area contributed by atoms with Crippen molar-refractivity contribution in [2.45, 2.75) is 144 Å². The first-order valence-corrected chi connectivity index (χ1v) is 25.4. The number of unbranched alkanes of at least 4 members (excludes halogenated alkanes) is 9. The molecule has 0 aliphatic carbocycles. The van der Waals surface area contributed by atoms with Crippen LogP contribution in [0.15, 0.2) is 40.0 Å². The molecule has 0 saturated heterocycles. The first-order valence-electron chi connectivity index (χ1n) is 14.7. The van der Waals surface area contributed by atoms with Gasteiger partial charge in [-0.25, -0.2) is 0 Å². The van der Waals surface area contributed by atoms with Crippen molar-refractivity contribution in [3.63, 3.8) is 0 Å². The summed E-state index contributed by atoms with van der Waals surface area (Å²) in [7, 11) is -1.47. The van der Waals surface area contributed by atoms with Crippen LogP contribution in [-0.2, 0) is 0 Å². The topological polar surface area (TPSA) is 0 Å². The van der Waals surface area contributed by atoms with Crippen LogP contribution in [-0.4, -0.2) is 26.5 Å². The average molecular weight is 578 g/mol. The first-order chi connectivity index (χ1) is 16.0. The molecule has 190 valence electrons. The molecule has 0 radical (unpaired) electrons. The van der Waals surface area contributed by atoms with Crippen LogP contribution in [0.1, 0.15) is 111 Å². The van der Waals surface area contributed by atoms with E-state index in [0.717, 1.165) is 0 Å². The van der Waals surface area contributed by atoms with Crippen molar-refractivity contribution in [2.75, 3.05) is 0 Å². The molecule has 0 aromatic heterocycles. The first kappa shape index (κ1) is 31.0. The van der Waals surface area contributed by atoms with Gasteiger partial charge < -0.3 is 0 Å². The summed E-state index contributed by atoms with van der Waals surface area (Å²) in [5.74, 6) is 0. The Kier molecular flexibility index (Phi) is 17.2. The Morgan fingerprint density at radius 3 is 1.67 bits per heavy atom. The van der Waals surface area contributed by atoms with Crippen LogP contribution in [0.3, 0.4) is 0 Å². The molecule has 0 amide bonds. The molecule has 2 heteroatoms. The van der Waals surface area contributed by atoms with Gasteiger partial charge >= 0.3 is 215 Å². The van der Waals surface area contributed by atoms with Gasteiger partial charge in [0.15, 0.2) is 0 Å². The van der Waals surface area contributed by atoms with Crippen molar-refractivity contribution in [3.05, 3.63) is 40.0 Å². The molecule has 0 bridgehead atoms. The molecule has 33 heavy (non-hydrogen) atoms. The molecule has 0 unspecified atom stereocenters. The van der Waals surface area contributed by atoms with E-state index in [2.05, 4.69) is 80.8 Å². The summed E-state index contributed by atoms with van der Waals surface area (Å²) in [5, 5.41) is 1.66. The molecule has 0 heterocycles. The van der Waals surface area contributed by atoms with Crippen molar-refractivity contribution in [1.29, 1.82) is 0 Å². The second-order valence-corrected chi connectivity index (χ2v) is 29.4. The van der Waals surface area contributed by atoms with Gasteiger partial charge in [-0.05, 0) is 0 Å². The van der Waals surface area contributed by atoms with E-state index in [9.17, 15) is 0 Å². The van der Waals surface area contributed by atoms with Crippen LogP contribution in [0, 0.1) is 0 Å². The quantitative estimate of drug-likeness (QED) is 0.107. The molecule has 0 N–H and O–H groups in total. The van der Waals surface area contributed by atoms with Gasteiger partial charge in [-0.2, -0.15) is 0 Å². The van der Waals surface area contributed by atoms with Gasteiger partial charge in [0, 0.05) is 0 Å². The predicted molar refractivity (Wildman–Crippen MR) is 159 cm³/mol. The normalized spacial score (nSPS) is 13.0. The Morgan fingerprint density at radius 2 is 1.15 bits per heavy atom. The van der Waals surface area contributed by atoms with Crippen molar-refractivity contribution in [2.24, 2.45) is 0 Å². The Labute approximate surface area is 214 Å². The fourth-order valence-corrected chi connectivity index (χ4v) is 30.7. The monoisotopic (exact) mass is 578 g/mol. The minimum absolute atomic E-state index is 1.35. The van der Waals surface area contributed by atoms with E-state index < -0.39 is 26.5 Å². The van der Waals surface area contributed by atoms with Crippen LogP contribution in [0.5, 0.6) is 0 Å².